The molecule has 2 fully saturated rings. The predicted molar refractivity (Wildman–Crippen MR) is 99.8 cm³/mol. The molecule has 1 amide bonds. The highest BCUT2D eigenvalue weighted by Crippen LogP contribution is 2.40. The molecule has 1 aromatic rings. The molecule has 1 saturated heterocycles. The van der Waals surface area contributed by atoms with Gasteiger partial charge in [-0.3, -0.25) is 4.79 Å². The van der Waals surface area contributed by atoms with E-state index in [0.717, 1.165) is 25.7 Å². The van der Waals surface area contributed by atoms with Gasteiger partial charge in [-0.25, -0.2) is 17.9 Å². The van der Waals surface area contributed by atoms with Gasteiger partial charge < -0.3 is 10.0 Å². The zero-order chi connectivity index (χ0) is 19.6. The van der Waals surface area contributed by atoms with E-state index in [1.165, 1.54) is 35.2 Å². The lowest BCUT2D eigenvalue weighted by Gasteiger charge is -2.33. The molecule has 1 aliphatic heterocycles. The van der Waals surface area contributed by atoms with Gasteiger partial charge in [0.1, 0.15) is 6.04 Å². The Bertz CT molecular complexity index is 834. The Hall–Kier alpha value is -2.19. The van der Waals surface area contributed by atoms with E-state index >= 15 is 0 Å². The Morgan fingerprint density at radius 2 is 1.89 bits per heavy atom. The minimum Gasteiger partial charge on any atom is -0.480 e. The van der Waals surface area contributed by atoms with Crippen LogP contribution < -0.4 is 4.72 Å². The molecule has 0 aromatic heterocycles. The number of aliphatic carboxylic acids is 1. The number of carboxylic acid groups (broad SMARTS) is 1. The van der Waals surface area contributed by atoms with E-state index in [1.54, 1.807) is 0 Å². The second kappa shape index (κ2) is 7.82. The summed E-state index contributed by atoms with van der Waals surface area (Å²) in [6.45, 7) is 3.58. The van der Waals surface area contributed by atoms with Crippen molar-refractivity contribution in [2.75, 3.05) is 6.54 Å². The Labute approximate surface area is 159 Å². The van der Waals surface area contributed by atoms with Crippen molar-refractivity contribution in [3.05, 3.63) is 42.5 Å². The Morgan fingerprint density at radius 3 is 2.52 bits per heavy atom. The lowest BCUT2D eigenvalue weighted by Crippen LogP contribution is -2.46. The maximum Gasteiger partial charge on any atom is 0.326 e. The minimum atomic E-state index is -3.67. The topological polar surface area (TPSA) is 104 Å². The van der Waals surface area contributed by atoms with E-state index in [1.807, 2.05) is 0 Å². The van der Waals surface area contributed by atoms with Crippen molar-refractivity contribution in [3.63, 3.8) is 0 Å². The van der Waals surface area contributed by atoms with Crippen LogP contribution in [0.4, 0.5) is 0 Å². The Balaban J connectivity index is 1.84. The number of benzene rings is 1. The molecular formula is C19H24N2O5S. The number of hydrogen-bond acceptors (Lipinski definition) is 4. The van der Waals surface area contributed by atoms with Crippen LogP contribution in [0.1, 0.15) is 42.5 Å². The van der Waals surface area contributed by atoms with Crippen LogP contribution in [0.15, 0.2) is 41.8 Å². The van der Waals surface area contributed by atoms with E-state index in [9.17, 15) is 23.1 Å². The van der Waals surface area contributed by atoms with Crippen molar-refractivity contribution in [1.82, 2.24) is 9.62 Å². The largest absolute Gasteiger partial charge is 0.480 e. The molecular weight excluding hydrogens is 368 g/mol. The second-order valence-electron chi connectivity index (χ2n) is 7.08. The summed E-state index contributed by atoms with van der Waals surface area (Å²) in [5.74, 6) is -1.10. The number of carbonyl (C=O) groups is 2. The summed E-state index contributed by atoms with van der Waals surface area (Å²) in [5.41, 5.74) is 0.301. The summed E-state index contributed by atoms with van der Waals surface area (Å²) in [5, 5.41) is 9.57. The predicted octanol–water partition coefficient (Wildman–Crippen LogP) is 2.01. The number of fused-ring (bicyclic) bond motifs is 1. The SMILES string of the molecule is C=CCNS(=O)(=O)c1ccc(C(=O)N2C(C(=O)O)CC3CCCCC32)cc1. The first-order valence-electron chi connectivity index (χ1n) is 9.11. The zero-order valence-corrected chi connectivity index (χ0v) is 15.8. The first-order chi connectivity index (χ1) is 12.8. The number of rotatable bonds is 6. The van der Waals surface area contributed by atoms with Crippen molar-refractivity contribution in [3.8, 4) is 0 Å². The van der Waals surface area contributed by atoms with Gasteiger partial charge in [0.2, 0.25) is 10.0 Å². The normalized spacial score (nSPS) is 25.0. The van der Waals surface area contributed by atoms with Crippen LogP contribution in [0.5, 0.6) is 0 Å². The lowest BCUT2D eigenvalue weighted by atomic mass is 9.84. The van der Waals surface area contributed by atoms with Crippen molar-refractivity contribution in [1.29, 1.82) is 0 Å². The zero-order valence-electron chi connectivity index (χ0n) is 15.0. The highest BCUT2D eigenvalue weighted by Gasteiger charge is 2.47. The average molecular weight is 392 g/mol. The molecule has 3 rings (SSSR count). The molecule has 0 bridgehead atoms. The van der Waals surface area contributed by atoms with Crippen LogP contribution >= 0.6 is 0 Å². The van der Waals surface area contributed by atoms with Gasteiger partial charge in [0, 0.05) is 18.2 Å². The number of nitrogens with one attached hydrogen (secondary N) is 1. The van der Waals surface area contributed by atoms with Gasteiger partial charge in [0.05, 0.1) is 4.90 Å². The lowest BCUT2D eigenvalue weighted by molar-refractivity contribution is -0.141. The fourth-order valence-corrected chi connectivity index (χ4v) is 5.15. The quantitative estimate of drug-likeness (QED) is 0.721. The van der Waals surface area contributed by atoms with Crippen LogP contribution in [0, 0.1) is 5.92 Å². The molecule has 3 unspecified atom stereocenters. The fraction of sp³-hybridized carbons (Fsp3) is 0.474. The number of amides is 1. The number of likely N-dealkylation sites (tertiary alicyclic amines) is 1. The number of carbonyl (C=O) groups excluding carboxylic acids is 1. The van der Waals surface area contributed by atoms with E-state index in [2.05, 4.69) is 11.3 Å². The molecule has 0 spiro atoms. The highest BCUT2D eigenvalue weighted by molar-refractivity contribution is 7.89. The first kappa shape index (κ1) is 19.6. The van der Waals surface area contributed by atoms with Crippen molar-refractivity contribution in [2.45, 2.75) is 49.1 Å². The molecule has 3 atom stereocenters. The smallest absolute Gasteiger partial charge is 0.326 e. The Kier molecular flexibility index (Phi) is 5.67. The molecule has 1 aliphatic carbocycles. The number of hydrogen-bond donors (Lipinski definition) is 2. The van der Waals surface area contributed by atoms with Crippen LogP contribution in [-0.4, -0.2) is 48.9 Å². The molecule has 2 N–H and O–H groups in total. The summed E-state index contributed by atoms with van der Waals surface area (Å²) in [6.07, 6.45) is 5.75. The summed E-state index contributed by atoms with van der Waals surface area (Å²) in [7, 11) is -3.67. The van der Waals surface area contributed by atoms with Crippen LogP contribution in [0.25, 0.3) is 0 Å². The third kappa shape index (κ3) is 3.91. The van der Waals surface area contributed by atoms with Crippen molar-refractivity contribution < 1.29 is 23.1 Å². The summed E-state index contributed by atoms with van der Waals surface area (Å²) < 4.78 is 26.6. The van der Waals surface area contributed by atoms with Crippen molar-refractivity contribution >= 4 is 21.9 Å². The van der Waals surface area contributed by atoms with Gasteiger partial charge in [-0.05, 0) is 49.4 Å². The number of carboxylic acids is 1. The monoisotopic (exact) mass is 392 g/mol. The number of sulfonamides is 1. The third-order valence-electron chi connectivity index (χ3n) is 5.44. The maximum absolute atomic E-state index is 13.0. The van der Waals surface area contributed by atoms with E-state index in [4.69, 9.17) is 0 Å². The minimum absolute atomic E-state index is 0.0487. The summed E-state index contributed by atoms with van der Waals surface area (Å²) in [4.78, 5) is 26.3. The molecule has 8 heteroatoms. The van der Waals surface area contributed by atoms with Gasteiger partial charge in [-0.2, -0.15) is 0 Å². The van der Waals surface area contributed by atoms with E-state index in [0.29, 0.717) is 12.0 Å². The van der Waals surface area contributed by atoms with Gasteiger partial charge in [-0.1, -0.05) is 18.9 Å². The Morgan fingerprint density at radius 1 is 1.22 bits per heavy atom. The average Bonchev–Trinajstić information content (AvgIpc) is 3.06. The standard InChI is InChI=1S/C19H24N2O5S/c1-2-11-20-27(25,26)15-9-7-13(8-10-15)18(22)21-16-6-4-3-5-14(16)12-17(21)19(23)24/h2,7-10,14,16-17,20H,1,3-6,11-12H2,(H,23,24). The molecule has 146 valence electrons. The van der Waals surface area contributed by atoms with E-state index < -0.39 is 22.0 Å². The van der Waals surface area contributed by atoms with Gasteiger partial charge in [0.15, 0.2) is 0 Å². The number of nitrogens with zero attached hydrogens (tertiary/aromatic N) is 1. The summed E-state index contributed by atoms with van der Waals surface area (Å²) in [6, 6.07) is 4.75. The van der Waals surface area contributed by atoms with Crippen LogP contribution in [-0.2, 0) is 14.8 Å². The van der Waals surface area contributed by atoms with Crippen LogP contribution in [0.2, 0.25) is 0 Å². The van der Waals surface area contributed by atoms with Crippen LogP contribution in [0.3, 0.4) is 0 Å². The molecule has 0 radical (unpaired) electrons. The molecule has 1 saturated carbocycles. The van der Waals surface area contributed by atoms with Gasteiger partial charge >= 0.3 is 5.97 Å². The second-order valence-corrected chi connectivity index (χ2v) is 8.85. The molecule has 2 aliphatic rings. The van der Waals surface area contributed by atoms with Crippen molar-refractivity contribution in [2.24, 2.45) is 5.92 Å². The fourth-order valence-electron chi connectivity index (χ4n) is 4.15. The van der Waals surface area contributed by atoms with E-state index in [-0.39, 0.29) is 29.3 Å². The molecule has 27 heavy (non-hydrogen) atoms. The highest BCUT2D eigenvalue weighted by atomic mass is 32.2. The summed E-state index contributed by atoms with van der Waals surface area (Å²) >= 11 is 0. The molecule has 7 nitrogen and oxygen atoms in total. The molecule has 1 aromatic carbocycles. The van der Waals surface area contributed by atoms with Gasteiger partial charge in [0.25, 0.3) is 5.91 Å². The van der Waals surface area contributed by atoms with Gasteiger partial charge in [-0.15, -0.1) is 6.58 Å². The molecule has 1 heterocycles. The maximum atomic E-state index is 13.0. The third-order valence-corrected chi connectivity index (χ3v) is 6.88. The first-order valence-corrected chi connectivity index (χ1v) is 10.6.